The van der Waals surface area contributed by atoms with E-state index in [2.05, 4.69) is 5.32 Å². The lowest BCUT2D eigenvalue weighted by Gasteiger charge is -2.08. The first-order valence-corrected chi connectivity index (χ1v) is 5.63. The van der Waals surface area contributed by atoms with E-state index in [4.69, 9.17) is 9.47 Å². The minimum Gasteiger partial charge on any atom is -0.463 e. The molecule has 0 amide bonds. The summed E-state index contributed by atoms with van der Waals surface area (Å²) in [6.45, 7) is 8.40. The van der Waals surface area contributed by atoms with E-state index < -0.39 is 0 Å². The van der Waals surface area contributed by atoms with Gasteiger partial charge in [-0.1, -0.05) is 20.8 Å². The smallest absolute Gasteiger partial charge is 0.307 e. The van der Waals surface area contributed by atoms with E-state index in [1.807, 2.05) is 20.8 Å². The molecule has 0 aromatic carbocycles. The predicted octanol–water partition coefficient (Wildman–Crippen LogP) is 1.34. The summed E-state index contributed by atoms with van der Waals surface area (Å²) in [4.78, 5) is 11.1. The fourth-order valence-corrected chi connectivity index (χ4v) is 0.996. The summed E-state index contributed by atoms with van der Waals surface area (Å²) in [5, 5.41) is 3.16. The van der Waals surface area contributed by atoms with Crippen molar-refractivity contribution in [3.8, 4) is 0 Å². The Balaban J connectivity index is 3.19. The number of nitrogens with one attached hydrogen (secondary N) is 1. The van der Waals surface area contributed by atoms with E-state index in [1.165, 1.54) is 0 Å². The van der Waals surface area contributed by atoms with Gasteiger partial charge in [0.15, 0.2) is 0 Å². The van der Waals surface area contributed by atoms with Crippen LogP contribution in [0.25, 0.3) is 0 Å². The van der Waals surface area contributed by atoms with E-state index >= 15 is 0 Å². The molecule has 0 saturated heterocycles. The Hall–Kier alpha value is -0.610. The highest BCUT2D eigenvalue weighted by atomic mass is 16.6. The van der Waals surface area contributed by atoms with Crippen molar-refractivity contribution in [2.45, 2.75) is 39.7 Å². The zero-order valence-corrected chi connectivity index (χ0v) is 10.0. The van der Waals surface area contributed by atoms with Crippen LogP contribution < -0.4 is 5.32 Å². The minimum atomic E-state index is -0.164. The van der Waals surface area contributed by atoms with Gasteiger partial charge in [-0.15, -0.1) is 0 Å². The van der Waals surface area contributed by atoms with Crippen LogP contribution in [0.4, 0.5) is 0 Å². The number of carbonyl (C=O) groups is 1. The van der Waals surface area contributed by atoms with Crippen LogP contribution in [0.3, 0.4) is 0 Å². The predicted molar refractivity (Wildman–Crippen MR) is 59.8 cm³/mol. The number of hydrogen-bond donors (Lipinski definition) is 1. The second-order valence-corrected chi connectivity index (χ2v) is 3.69. The SMILES string of the molecule is CCCOCCOC(=O)CCNC(C)C. The minimum absolute atomic E-state index is 0.164. The Morgan fingerprint density at radius 3 is 2.60 bits per heavy atom. The Labute approximate surface area is 92.3 Å². The third-order valence-corrected chi connectivity index (χ3v) is 1.72. The summed E-state index contributed by atoms with van der Waals surface area (Å²) in [6, 6.07) is 0.408. The number of carbonyl (C=O) groups excluding carboxylic acids is 1. The first kappa shape index (κ1) is 14.4. The number of hydrogen-bond acceptors (Lipinski definition) is 4. The topological polar surface area (TPSA) is 47.6 Å². The molecule has 0 radical (unpaired) electrons. The van der Waals surface area contributed by atoms with Crippen LogP contribution in [0.1, 0.15) is 33.6 Å². The molecule has 0 heterocycles. The van der Waals surface area contributed by atoms with Gasteiger partial charge in [0.1, 0.15) is 6.61 Å². The second-order valence-electron chi connectivity index (χ2n) is 3.69. The van der Waals surface area contributed by atoms with Crippen molar-refractivity contribution >= 4 is 5.97 Å². The van der Waals surface area contributed by atoms with Crippen molar-refractivity contribution in [2.24, 2.45) is 0 Å². The highest BCUT2D eigenvalue weighted by molar-refractivity contribution is 5.69. The average Bonchev–Trinajstić information content (AvgIpc) is 2.17. The van der Waals surface area contributed by atoms with Gasteiger partial charge in [0.05, 0.1) is 13.0 Å². The van der Waals surface area contributed by atoms with Crippen LogP contribution in [0.5, 0.6) is 0 Å². The number of rotatable bonds is 9. The summed E-state index contributed by atoms with van der Waals surface area (Å²) in [5.74, 6) is -0.164. The zero-order chi connectivity index (χ0) is 11.5. The maximum absolute atomic E-state index is 11.1. The molecule has 4 nitrogen and oxygen atoms in total. The third-order valence-electron chi connectivity index (χ3n) is 1.72. The van der Waals surface area contributed by atoms with Gasteiger partial charge in [-0.3, -0.25) is 4.79 Å². The standard InChI is InChI=1S/C11H23NO3/c1-4-7-14-8-9-15-11(13)5-6-12-10(2)3/h10,12H,4-9H2,1-3H3. The molecule has 0 aromatic rings. The van der Waals surface area contributed by atoms with E-state index in [0.29, 0.717) is 32.2 Å². The molecule has 0 aliphatic carbocycles. The second kappa shape index (κ2) is 9.93. The molecule has 15 heavy (non-hydrogen) atoms. The summed E-state index contributed by atoms with van der Waals surface area (Å²) in [7, 11) is 0. The maximum Gasteiger partial charge on any atom is 0.307 e. The van der Waals surface area contributed by atoms with Crippen molar-refractivity contribution in [2.75, 3.05) is 26.4 Å². The molecule has 0 atom stereocenters. The molecule has 0 aliphatic rings. The van der Waals surface area contributed by atoms with Gasteiger partial charge in [-0.25, -0.2) is 0 Å². The number of esters is 1. The van der Waals surface area contributed by atoms with Crippen molar-refractivity contribution in [3.63, 3.8) is 0 Å². The van der Waals surface area contributed by atoms with Gasteiger partial charge in [-0.05, 0) is 6.42 Å². The molecule has 4 heteroatoms. The quantitative estimate of drug-likeness (QED) is 0.468. The van der Waals surface area contributed by atoms with E-state index in [-0.39, 0.29) is 5.97 Å². The van der Waals surface area contributed by atoms with Gasteiger partial charge in [0.25, 0.3) is 0 Å². The monoisotopic (exact) mass is 217 g/mol. The van der Waals surface area contributed by atoms with Crippen LogP contribution in [-0.4, -0.2) is 38.4 Å². The van der Waals surface area contributed by atoms with Crippen molar-refractivity contribution in [3.05, 3.63) is 0 Å². The summed E-state index contributed by atoms with van der Waals surface area (Å²) in [6.07, 6.45) is 1.41. The molecule has 0 rings (SSSR count). The highest BCUT2D eigenvalue weighted by Crippen LogP contribution is 1.88. The molecule has 0 aliphatic heterocycles. The van der Waals surface area contributed by atoms with Crippen molar-refractivity contribution < 1.29 is 14.3 Å². The van der Waals surface area contributed by atoms with Crippen molar-refractivity contribution in [1.82, 2.24) is 5.32 Å². The van der Waals surface area contributed by atoms with Crippen molar-refractivity contribution in [1.29, 1.82) is 0 Å². The lowest BCUT2D eigenvalue weighted by atomic mass is 10.3. The van der Waals surface area contributed by atoms with Gasteiger partial charge in [0, 0.05) is 19.2 Å². The molecule has 0 aromatic heterocycles. The third kappa shape index (κ3) is 11.3. The van der Waals surface area contributed by atoms with Gasteiger partial charge in [-0.2, -0.15) is 0 Å². The first-order valence-electron chi connectivity index (χ1n) is 5.63. The summed E-state index contributed by atoms with van der Waals surface area (Å²) >= 11 is 0. The number of ether oxygens (including phenoxy) is 2. The zero-order valence-electron chi connectivity index (χ0n) is 10.0. The molecule has 0 unspecified atom stereocenters. The van der Waals surface area contributed by atoms with Crippen LogP contribution in [0, 0.1) is 0 Å². The Morgan fingerprint density at radius 1 is 1.27 bits per heavy atom. The maximum atomic E-state index is 11.1. The Kier molecular flexibility index (Phi) is 9.52. The van der Waals surface area contributed by atoms with Crippen LogP contribution in [0.15, 0.2) is 0 Å². The first-order chi connectivity index (χ1) is 7.16. The molecule has 0 fully saturated rings. The molecule has 0 bridgehead atoms. The summed E-state index contributed by atoms with van der Waals surface area (Å²) in [5.41, 5.74) is 0. The van der Waals surface area contributed by atoms with E-state index in [1.54, 1.807) is 0 Å². The van der Waals surface area contributed by atoms with Gasteiger partial charge in [0.2, 0.25) is 0 Å². The van der Waals surface area contributed by atoms with E-state index in [9.17, 15) is 4.79 Å². The molecule has 0 spiro atoms. The fourth-order valence-electron chi connectivity index (χ4n) is 0.996. The highest BCUT2D eigenvalue weighted by Gasteiger charge is 2.02. The summed E-state index contributed by atoms with van der Waals surface area (Å²) < 4.78 is 10.1. The average molecular weight is 217 g/mol. The van der Waals surface area contributed by atoms with E-state index in [0.717, 1.165) is 13.0 Å². The van der Waals surface area contributed by atoms with Gasteiger partial charge >= 0.3 is 5.97 Å². The molecular weight excluding hydrogens is 194 g/mol. The van der Waals surface area contributed by atoms with Crippen LogP contribution in [-0.2, 0) is 14.3 Å². The largest absolute Gasteiger partial charge is 0.463 e. The normalized spacial score (nSPS) is 10.7. The molecular formula is C11H23NO3. The fraction of sp³-hybridized carbons (Fsp3) is 0.909. The van der Waals surface area contributed by atoms with Gasteiger partial charge < -0.3 is 14.8 Å². The Morgan fingerprint density at radius 2 is 2.00 bits per heavy atom. The van der Waals surface area contributed by atoms with Crippen LogP contribution >= 0.6 is 0 Å². The lowest BCUT2D eigenvalue weighted by molar-refractivity contribution is -0.145. The lowest BCUT2D eigenvalue weighted by Crippen LogP contribution is -2.26. The molecule has 1 N–H and O–H groups in total. The molecule has 90 valence electrons. The van der Waals surface area contributed by atoms with Crippen LogP contribution in [0.2, 0.25) is 0 Å². The Bertz CT molecular complexity index is 160. The molecule has 0 saturated carbocycles.